The van der Waals surface area contributed by atoms with E-state index in [-0.39, 0.29) is 41.4 Å². The van der Waals surface area contributed by atoms with Crippen molar-refractivity contribution >= 4 is 28.2 Å². The number of nitrogens with zero attached hydrogens (tertiary/aromatic N) is 1. The molecule has 1 aromatic rings. The van der Waals surface area contributed by atoms with E-state index in [9.17, 15) is 13.2 Å². The second-order valence-corrected chi connectivity index (χ2v) is 8.12. The molecule has 1 unspecified atom stereocenters. The number of carbonyl (C=O) groups is 1. The van der Waals surface area contributed by atoms with Crippen LogP contribution >= 0.6 is 12.4 Å². The maximum atomic E-state index is 12.5. The smallest absolute Gasteiger partial charge is 0.223 e. The fraction of sp³-hybridized carbons (Fsp3) is 0.562. The van der Waals surface area contributed by atoms with Crippen LogP contribution in [0.5, 0.6) is 11.5 Å². The van der Waals surface area contributed by atoms with Gasteiger partial charge in [0.2, 0.25) is 5.91 Å². The summed E-state index contributed by atoms with van der Waals surface area (Å²) in [5.41, 5.74) is 0. The molecule has 25 heavy (non-hydrogen) atoms. The molecule has 1 atom stereocenters. The number of ether oxygens (including phenoxy) is 2. The van der Waals surface area contributed by atoms with Gasteiger partial charge in [0.15, 0.2) is 21.3 Å². The maximum Gasteiger partial charge on any atom is 0.223 e. The fourth-order valence-corrected chi connectivity index (χ4v) is 4.15. The Balaban J connectivity index is 0.00000225. The normalized spacial score (nSPS) is 19.9. The van der Waals surface area contributed by atoms with Crippen molar-refractivity contribution in [2.75, 3.05) is 38.6 Å². The van der Waals surface area contributed by atoms with Gasteiger partial charge in [0, 0.05) is 38.2 Å². The Hall–Kier alpha value is -1.51. The predicted octanol–water partition coefficient (Wildman–Crippen LogP) is 0.864. The summed E-state index contributed by atoms with van der Waals surface area (Å²) in [6.07, 6.45) is -0.0128. The molecular weight excluding hydrogens is 368 g/mol. The summed E-state index contributed by atoms with van der Waals surface area (Å²) in [5, 5.41) is 3.21. The van der Waals surface area contributed by atoms with Crippen LogP contribution in [0.15, 0.2) is 23.1 Å². The molecule has 0 saturated carbocycles. The molecule has 2 heterocycles. The van der Waals surface area contributed by atoms with E-state index in [1.807, 2.05) is 6.92 Å². The van der Waals surface area contributed by atoms with Crippen molar-refractivity contribution in [1.29, 1.82) is 0 Å². The summed E-state index contributed by atoms with van der Waals surface area (Å²) in [6.45, 7) is 4.90. The quantitative estimate of drug-likeness (QED) is 0.820. The summed E-state index contributed by atoms with van der Waals surface area (Å²) >= 11 is 0. The van der Waals surface area contributed by atoms with E-state index in [1.165, 1.54) is 12.1 Å². The van der Waals surface area contributed by atoms with Crippen LogP contribution in [-0.2, 0) is 14.6 Å². The van der Waals surface area contributed by atoms with Gasteiger partial charge in [-0.15, -0.1) is 12.4 Å². The number of hydrogen-bond acceptors (Lipinski definition) is 6. The van der Waals surface area contributed by atoms with Crippen LogP contribution in [0.3, 0.4) is 0 Å². The van der Waals surface area contributed by atoms with E-state index in [2.05, 4.69) is 5.32 Å². The molecule has 1 fully saturated rings. The summed E-state index contributed by atoms with van der Waals surface area (Å²) < 4.78 is 35.8. The van der Waals surface area contributed by atoms with Crippen molar-refractivity contribution in [2.45, 2.75) is 24.3 Å². The molecule has 1 amide bonds. The van der Waals surface area contributed by atoms with Crippen molar-refractivity contribution in [1.82, 2.24) is 10.2 Å². The minimum absolute atomic E-state index is 0. The van der Waals surface area contributed by atoms with E-state index < -0.39 is 9.84 Å². The van der Waals surface area contributed by atoms with Crippen molar-refractivity contribution in [3.05, 3.63) is 18.2 Å². The number of amides is 1. The third-order valence-electron chi connectivity index (χ3n) is 4.28. The molecule has 1 saturated heterocycles. The lowest BCUT2D eigenvalue weighted by Crippen LogP contribution is -2.52. The Morgan fingerprint density at radius 2 is 2.00 bits per heavy atom. The third kappa shape index (κ3) is 4.56. The molecular formula is C16H23ClN2O5S. The lowest BCUT2D eigenvalue weighted by molar-refractivity contribution is -0.133. The number of benzene rings is 1. The number of carbonyl (C=O) groups excluding carboxylic acids is 1. The average Bonchev–Trinajstić information content (AvgIpc) is 2.60. The number of sulfone groups is 1. The van der Waals surface area contributed by atoms with E-state index in [4.69, 9.17) is 9.47 Å². The van der Waals surface area contributed by atoms with Gasteiger partial charge in [-0.3, -0.25) is 4.79 Å². The van der Waals surface area contributed by atoms with Crippen LogP contribution in [0.1, 0.15) is 13.3 Å². The molecule has 140 valence electrons. The topological polar surface area (TPSA) is 84.9 Å². The van der Waals surface area contributed by atoms with Gasteiger partial charge in [0.1, 0.15) is 13.2 Å². The van der Waals surface area contributed by atoms with Crippen LogP contribution in [0.25, 0.3) is 0 Å². The Bertz CT molecular complexity index is 725. The SMILES string of the molecule is CC1CNCCN1C(=O)CCS(=O)(=O)c1ccc2c(c1)OCCO2.Cl. The molecule has 0 aliphatic carbocycles. The van der Waals surface area contributed by atoms with Gasteiger partial charge in [-0.05, 0) is 19.1 Å². The Morgan fingerprint density at radius 3 is 2.72 bits per heavy atom. The molecule has 0 aromatic heterocycles. The standard InChI is InChI=1S/C16H22N2O5S.ClH/c1-12-11-17-5-6-18(12)16(19)4-9-24(20,21)13-2-3-14-15(10-13)23-8-7-22-14;/h2-3,10,12,17H,4-9,11H2,1H3;1H. The van der Waals surface area contributed by atoms with Gasteiger partial charge in [-0.2, -0.15) is 0 Å². The van der Waals surface area contributed by atoms with Crippen LogP contribution in [0.2, 0.25) is 0 Å². The Labute approximate surface area is 154 Å². The molecule has 2 aliphatic heterocycles. The number of hydrogen-bond donors (Lipinski definition) is 1. The number of halogens is 1. The second kappa shape index (κ2) is 8.25. The summed E-state index contributed by atoms with van der Waals surface area (Å²) in [6, 6.07) is 4.66. The lowest BCUT2D eigenvalue weighted by Gasteiger charge is -2.34. The zero-order valence-corrected chi connectivity index (χ0v) is 15.7. The van der Waals surface area contributed by atoms with Crippen molar-refractivity contribution in [3.63, 3.8) is 0 Å². The van der Waals surface area contributed by atoms with Crippen LogP contribution in [0.4, 0.5) is 0 Å². The Morgan fingerprint density at radius 1 is 1.28 bits per heavy atom. The highest BCUT2D eigenvalue weighted by atomic mass is 35.5. The lowest BCUT2D eigenvalue weighted by atomic mass is 10.2. The minimum atomic E-state index is -3.54. The van der Waals surface area contributed by atoms with Crippen molar-refractivity contribution in [2.24, 2.45) is 0 Å². The van der Waals surface area contributed by atoms with E-state index in [1.54, 1.807) is 11.0 Å². The van der Waals surface area contributed by atoms with Gasteiger partial charge in [-0.1, -0.05) is 0 Å². The first-order valence-corrected chi connectivity index (χ1v) is 9.75. The van der Waals surface area contributed by atoms with Gasteiger partial charge >= 0.3 is 0 Å². The van der Waals surface area contributed by atoms with Gasteiger partial charge < -0.3 is 19.7 Å². The molecule has 1 aromatic carbocycles. The van der Waals surface area contributed by atoms with Gasteiger partial charge in [0.25, 0.3) is 0 Å². The van der Waals surface area contributed by atoms with Gasteiger partial charge in [0.05, 0.1) is 10.6 Å². The first-order valence-electron chi connectivity index (χ1n) is 8.10. The maximum absolute atomic E-state index is 12.5. The van der Waals surface area contributed by atoms with E-state index >= 15 is 0 Å². The highest BCUT2D eigenvalue weighted by Crippen LogP contribution is 2.32. The summed E-state index contributed by atoms with van der Waals surface area (Å²) in [7, 11) is -3.54. The molecule has 0 radical (unpaired) electrons. The highest BCUT2D eigenvalue weighted by molar-refractivity contribution is 7.91. The van der Waals surface area contributed by atoms with Crippen molar-refractivity contribution in [3.8, 4) is 11.5 Å². The second-order valence-electron chi connectivity index (χ2n) is 6.01. The summed E-state index contributed by atoms with van der Waals surface area (Å²) in [4.78, 5) is 14.2. The zero-order chi connectivity index (χ0) is 17.2. The molecule has 1 N–H and O–H groups in total. The predicted molar refractivity (Wildman–Crippen MR) is 95.4 cm³/mol. The molecule has 0 bridgehead atoms. The van der Waals surface area contributed by atoms with E-state index in [0.29, 0.717) is 31.3 Å². The van der Waals surface area contributed by atoms with Gasteiger partial charge in [-0.25, -0.2) is 8.42 Å². The number of fused-ring (bicyclic) bond motifs is 1. The van der Waals surface area contributed by atoms with Crippen LogP contribution < -0.4 is 14.8 Å². The average molecular weight is 391 g/mol. The molecule has 3 rings (SSSR count). The molecule has 7 nitrogen and oxygen atoms in total. The minimum Gasteiger partial charge on any atom is -0.486 e. The monoisotopic (exact) mass is 390 g/mol. The number of rotatable bonds is 4. The van der Waals surface area contributed by atoms with Crippen molar-refractivity contribution < 1.29 is 22.7 Å². The van der Waals surface area contributed by atoms with Crippen LogP contribution in [0, 0.1) is 0 Å². The third-order valence-corrected chi connectivity index (χ3v) is 5.99. The first kappa shape index (κ1) is 19.8. The molecule has 2 aliphatic rings. The number of nitrogens with one attached hydrogen (secondary N) is 1. The fourth-order valence-electron chi connectivity index (χ4n) is 2.91. The summed E-state index contributed by atoms with van der Waals surface area (Å²) in [5.74, 6) is 0.655. The molecule has 9 heteroatoms. The Kier molecular flexibility index (Phi) is 6.53. The first-order chi connectivity index (χ1) is 11.5. The highest BCUT2D eigenvalue weighted by Gasteiger charge is 2.25. The number of piperazine rings is 1. The zero-order valence-electron chi connectivity index (χ0n) is 14.1. The molecule has 0 spiro atoms. The largest absolute Gasteiger partial charge is 0.486 e. The van der Waals surface area contributed by atoms with E-state index in [0.717, 1.165) is 13.1 Å². The van der Waals surface area contributed by atoms with Crippen LogP contribution in [-0.4, -0.2) is 63.9 Å².